The summed E-state index contributed by atoms with van der Waals surface area (Å²) in [7, 11) is 0. The lowest BCUT2D eigenvalue weighted by atomic mass is 10.0. The van der Waals surface area contributed by atoms with E-state index in [4.69, 9.17) is 5.11 Å². The molecule has 0 bridgehead atoms. The summed E-state index contributed by atoms with van der Waals surface area (Å²) in [5.41, 5.74) is 1.11. The van der Waals surface area contributed by atoms with Crippen molar-refractivity contribution >= 4 is 0 Å². The molecule has 1 rings (SSSR count). The Morgan fingerprint density at radius 3 is 1.92 bits per heavy atom. The number of halogens is 2. The van der Waals surface area contributed by atoms with Crippen molar-refractivity contribution in [1.29, 1.82) is 0 Å². The number of alkyl halides is 2. The van der Waals surface area contributed by atoms with Crippen molar-refractivity contribution in [2.75, 3.05) is 0 Å². The van der Waals surface area contributed by atoms with E-state index in [0.29, 0.717) is 16.7 Å². The molecule has 3 heteroatoms. The molecule has 0 heterocycles. The van der Waals surface area contributed by atoms with Crippen LogP contribution in [0.4, 0.5) is 8.78 Å². The highest BCUT2D eigenvalue weighted by molar-refractivity contribution is 5.33. The van der Waals surface area contributed by atoms with Gasteiger partial charge in [-0.1, -0.05) is 18.2 Å². The molecule has 1 aromatic rings. The lowest BCUT2D eigenvalue weighted by Crippen LogP contribution is -1.97. The third kappa shape index (κ3) is 1.61. The molecule has 0 fully saturated rings. The van der Waals surface area contributed by atoms with Crippen molar-refractivity contribution < 1.29 is 13.9 Å². The van der Waals surface area contributed by atoms with Crippen molar-refractivity contribution in [2.24, 2.45) is 0 Å². The number of benzene rings is 1. The molecular formula is C9H10F2O. The van der Waals surface area contributed by atoms with Gasteiger partial charge in [-0.05, 0) is 16.7 Å². The molecule has 1 N–H and O–H groups in total. The van der Waals surface area contributed by atoms with Crippen LogP contribution in [0.5, 0.6) is 0 Å². The van der Waals surface area contributed by atoms with Gasteiger partial charge in [0.1, 0.15) is 13.3 Å². The fourth-order valence-electron chi connectivity index (χ4n) is 1.14. The second-order valence-electron chi connectivity index (χ2n) is 2.48. The fraction of sp³-hybridized carbons (Fsp3) is 0.333. The van der Waals surface area contributed by atoms with Crippen LogP contribution in [0.25, 0.3) is 0 Å². The maximum atomic E-state index is 12.3. The van der Waals surface area contributed by atoms with Gasteiger partial charge < -0.3 is 5.11 Å². The first-order chi connectivity index (χ1) is 5.83. The van der Waals surface area contributed by atoms with Gasteiger partial charge in [0.2, 0.25) is 0 Å². The summed E-state index contributed by atoms with van der Waals surface area (Å²) in [5, 5.41) is 8.83. The van der Waals surface area contributed by atoms with Crippen molar-refractivity contribution in [3.8, 4) is 0 Å². The molecule has 0 aliphatic rings. The second-order valence-corrected chi connectivity index (χ2v) is 2.48. The molecule has 12 heavy (non-hydrogen) atoms. The quantitative estimate of drug-likeness (QED) is 0.740. The van der Waals surface area contributed by atoms with Gasteiger partial charge in [0.05, 0.1) is 6.61 Å². The van der Waals surface area contributed by atoms with E-state index in [1.54, 1.807) is 18.2 Å². The molecule has 0 saturated carbocycles. The Morgan fingerprint density at radius 2 is 1.58 bits per heavy atom. The van der Waals surface area contributed by atoms with Gasteiger partial charge in [-0.3, -0.25) is 0 Å². The average Bonchev–Trinajstić information content (AvgIpc) is 2.16. The summed E-state index contributed by atoms with van der Waals surface area (Å²) in [5.74, 6) is 0. The van der Waals surface area contributed by atoms with Crippen molar-refractivity contribution in [1.82, 2.24) is 0 Å². The summed E-state index contributed by atoms with van der Waals surface area (Å²) in [6.45, 7) is -1.63. The van der Waals surface area contributed by atoms with E-state index in [2.05, 4.69) is 0 Å². The number of rotatable bonds is 3. The Morgan fingerprint density at radius 1 is 1.08 bits per heavy atom. The normalized spacial score (nSPS) is 10.2. The first-order valence-electron chi connectivity index (χ1n) is 3.66. The largest absolute Gasteiger partial charge is 0.392 e. The lowest BCUT2D eigenvalue weighted by molar-refractivity contribution is 0.275. The number of hydrogen-bond donors (Lipinski definition) is 1. The van der Waals surface area contributed by atoms with Crippen LogP contribution in [0.2, 0.25) is 0 Å². The molecule has 0 radical (unpaired) electrons. The summed E-state index contributed by atoms with van der Waals surface area (Å²) in [6, 6.07) is 4.68. The smallest absolute Gasteiger partial charge is 0.115 e. The van der Waals surface area contributed by atoms with E-state index in [1.165, 1.54) is 0 Å². The van der Waals surface area contributed by atoms with Gasteiger partial charge >= 0.3 is 0 Å². The Balaban J connectivity index is 3.13. The van der Waals surface area contributed by atoms with Crippen LogP contribution in [0.1, 0.15) is 16.7 Å². The predicted molar refractivity (Wildman–Crippen MR) is 42.0 cm³/mol. The van der Waals surface area contributed by atoms with E-state index >= 15 is 0 Å². The van der Waals surface area contributed by atoms with Crippen LogP contribution in [0.3, 0.4) is 0 Å². The van der Waals surface area contributed by atoms with Gasteiger partial charge in [-0.15, -0.1) is 0 Å². The minimum Gasteiger partial charge on any atom is -0.392 e. The minimum absolute atomic E-state index is 0.306. The van der Waals surface area contributed by atoms with Gasteiger partial charge in [0.25, 0.3) is 0 Å². The van der Waals surface area contributed by atoms with Crippen LogP contribution >= 0.6 is 0 Å². The molecule has 0 aliphatic heterocycles. The SMILES string of the molecule is OCc1c(CF)cccc1CF. The first-order valence-corrected chi connectivity index (χ1v) is 3.66. The van der Waals surface area contributed by atoms with Crippen LogP contribution in [-0.2, 0) is 20.0 Å². The van der Waals surface area contributed by atoms with E-state index in [0.717, 1.165) is 0 Å². The van der Waals surface area contributed by atoms with E-state index in [-0.39, 0.29) is 6.61 Å². The molecule has 0 spiro atoms. The molecule has 1 aromatic carbocycles. The van der Waals surface area contributed by atoms with Crippen molar-refractivity contribution in [3.05, 3.63) is 34.9 Å². The molecular weight excluding hydrogens is 162 g/mol. The maximum absolute atomic E-state index is 12.3. The topological polar surface area (TPSA) is 20.2 Å². The third-order valence-corrected chi connectivity index (χ3v) is 1.82. The van der Waals surface area contributed by atoms with Gasteiger partial charge in [0, 0.05) is 0 Å². The summed E-state index contributed by atoms with van der Waals surface area (Å²) in [6.07, 6.45) is 0. The van der Waals surface area contributed by atoms with E-state index < -0.39 is 13.3 Å². The van der Waals surface area contributed by atoms with Crippen LogP contribution in [0.15, 0.2) is 18.2 Å². The van der Waals surface area contributed by atoms with Gasteiger partial charge in [0.15, 0.2) is 0 Å². The van der Waals surface area contributed by atoms with E-state index in [9.17, 15) is 8.78 Å². The summed E-state index contributed by atoms with van der Waals surface area (Å²) < 4.78 is 24.5. The maximum Gasteiger partial charge on any atom is 0.115 e. The first kappa shape index (κ1) is 9.13. The zero-order valence-corrected chi connectivity index (χ0v) is 6.56. The molecule has 0 aliphatic carbocycles. The fourth-order valence-corrected chi connectivity index (χ4v) is 1.14. The van der Waals surface area contributed by atoms with Gasteiger partial charge in [-0.25, -0.2) is 8.78 Å². The van der Waals surface area contributed by atoms with Crippen LogP contribution < -0.4 is 0 Å². The number of aliphatic hydroxyl groups is 1. The van der Waals surface area contributed by atoms with Crippen molar-refractivity contribution in [3.63, 3.8) is 0 Å². The molecule has 0 amide bonds. The lowest BCUT2D eigenvalue weighted by Gasteiger charge is -2.07. The highest BCUT2D eigenvalue weighted by Crippen LogP contribution is 2.16. The zero-order chi connectivity index (χ0) is 8.97. The van der Waals surface area contributed by atoms with E-state index in [1.807, 2.05) is 0 Å². The highest BCUT2D eigenvalue weighted by Gasteiger charge is 2.05. The second kappa shape index (κ2) is 4.16. The molecule has 0 atom stereocenters. The minimum atomic E-state index is -0.663. The molecule has 0 saturated heterocycles. The average molecular weight is 172 g/mol. The number of aliphatic hydroxyl groups excluding tert-OH is 1. The summed E-state index contributed by atoms with van der Waals surface area (Å²) in [4.78, 5) is 0. The monoisotopic (exact) mass is 172 g/mol. The molecule has 0 unspecified atom stereocenters. The Hall–Kier alpha value is -0.960. The molecule has 66 valence electrons. The summed E-state index contributed by atoms with van der Waals surface area (Å²) >= 11 is 0. The van der Waals surface area contributed by atoms with Crippen LogP contribution in [-0.4, -0.2) is 5.11 Å². The highest BCUT2D eigenvalue weighted by atomic mass is 19.1. The Kier molecular flexibility index (Phi) is 3.17. The van der Waals surface area contributed by atoms with Crippen LogP contribution in [0, 0.1) is 0 Å². The van der Waals surface area contributed by atoms with Crippen molar-refractivity contribution in [2.45, 2.75) is 20.0 Å². The standard InChI is InChI=1S/C9H10F2O/c10-4-7-2-1-3-8(5-11)9(7)6-12/h1-3,12H,4-6H2. The predicted octanol–water partition coefficient (Wildman–Crippen LogP) is 2.12. The number of hydrogen-bond acceptors (Lipinski definition) is 1. The Labute approximate surface area is 69.7 Å². The van der Waals surface area contributed by atoms with Gasteiger partial charge in [-0.2, -0.15) is 0 Å². The molecule has 1 nitrogen and oxygen atoms in total. The molecule has 0 aromatic heterocycles. The third-order valence-electron chi connectivity index (χ3n) is 1.82. The Bertz CT molecular complexity index is 238. The zero-order valence-electron chi connectivity index (χ0n) is 6.56.